The van der Waals surface area contributed by atoms with Gasteiger partial charge in [0.2, 0.25) is 5.78 Å². The van der Waals surface area contributed by atoms with Crippen molar-refractivity contribution in [2.45, 2.75) is 39.9 Å². The molecule has 3 heterocycles. The first-order valence-corrected chi connectivity index (χ1v) is 11.9. The van der Waals surface area contributed by atoms with Crippen LogP contribution in [0, 0.1) is 0 Å². The fourth-order valence-corrected chi connectivity index (χ4v) is 4.02. The zero-order chi connectivity index (χ0) is 26.0. The molecule has 0 bridgehead atoms. The number of hydrogen-bond donors (Lipinski definition) is 0. The smallest absolute Gasteiger partial charge is 0.341 e. The van der Waals surface area contributed by atoms with Crippen LogP contribution < -0.4 is 0 Å². The standard InChI is InChI=1S/C28H25ClN2O5/c1-16(2)35-27(33)23-22-15-20(18-9-12-30-13-10-18)11-14-31(22)25(24(23)28(34)36-17(3)4)26(32)19-5-7-21(29)8-6-19/h5-17H,1-4H3. The van der Waals surface area contributed by atoms with Crippen molar-refractivity contribution in [3.63, 3.8) is 0 Å². The van der Waals surface area contributed by atoms with Gasteiger partial charge in [-0.05, 0) is 87.4 Å². The lowest BCUT2D eigenvalue weighted by molar-refractivity contribution is 0.0330. The van der Waals surface area contributed by atoms with Gasteiger partial charge in [0.25, 0.3) is 0 Å². The number of hydrogen-bond acceptors (Lipinski definition) is 6. The van der Waals surface area contributed by atoms with Crippen LogP contribution >= 0.6 is 11.6 Å². The molecular formula is C28H25ClN2O5. The Balaban J connectivity index is 2.05. The maximum Gasteiger partial charge on any atom is 0.341 e. The number of carbonyl (C=O) groups excluding carboxylic acids is 3. The number of ketones is 1. The Morgan fingerprint density at radius 2 is 1.39 bits per heavy atom. The minimum Gasteiger partial charge on any atom is -0.459 e. The van der Waals surface area contributed by atoms with Crippen LogP contribution in [0.1, 0.15) is 64.5 Å². The Morgan fingerprint density at radius 3 is 1.97 bits per heavy atom. The van der Waals surface area contributed by atoms with Crippen molar-refractivity contribution in [2.24, 2.45) is 0 Å². The summed E-state index contributed by atoms with van der Waals surface area (Å²) in [5.41, 5.74) is 2.13. The highest BCUT2D eigenvalue weighted by atomic mass is 35.5. The quantitative estimate of drug-likeness (QED) is 0.226. The monoisotopic (exact) mass is 504 g/mol. The number of rotatable bonds is 7. The average Bonchev–Trinajstić information content (AvgIpc) is 3.18. The fraction of sp³-hybridized carbons (Fsp3) is 0.214. The van der Waals surface area contributed by atoms with Gasteiger partial charge in [-0.25, -0.2) is 9.59 Å². The molecule has 0 aliphatic heterocycles. The van der Waals surface area contributed by atoms with Crippen molar-refractivity contribution in [1.29, 1.82) is 0 Å². The molecule has 1 aromatic carbocycles. The number of ether oxygens (including phenoxy) is 2. The third kappa shape index (κ3) is 5.02. The first-order chi connectivity index (χ1) is 17.2. The van der Waals surface area contributed by atoms with Gasteiger partial charge in [0.05, 0.1) is 17.7 Å². The number of nitrogens with zero attached hydrogens (tertiary/aromatic N) is 2. The molecule has 36 heavy (non-hydrogen) atoms. The Kier molecular flexibility index (Phi) is 7.22. The van der Waals surface area contributed by atoms with Crippen LogP contribution in [0.2, 0.25) is 5.02 Å². The van der Waals surface area contributed by atoms with E-state index in [1.54, 1.807) is 82.7 Å². The van der Waals surface area contributed by atoms with Crippen LogP contribution in [0.25, 0.3) is 16.6 Å². The van der Waals surface area contributed by atoms with Gasteiger partial charge in [-0.1, -0.05) is 11.6 Å². The summed E-state index contributed by atoms with van der Waals surface area (Å²) in [7, 11) is 0. The first-order valence-electron chi connectivity index (χ1n) is 11.5. The van der Waals surface area contributed by atoms with Crippen LogP contribution in [0.4, 0.5) is 0 Å². The lowest BCUT2D eigenvalue weighted by Crippen LogP contribution is -2.20. The van der Waals surface area contributed by atoms with Crippen molar-refractivity contribution >= 4 is 34.8 Å². The summed E-state index contributed by atoms with van der Waals surface area (Å²) in [5.74, 6) is -1.97. The van der Waals surface area contributed by atoms with Crippen molar-refractivity contribution < 1.29 is 23.9 Å². The van der Waals surface area contributed by atoms with Gasteiger partial charge in [-0.3, -0.25) is 9.78 Å². The van der Waals surface area contributed by atoms with Gasteiger partial charge in [0.15, 0.2) is 0 Å². The van der Waals surface area contributed by atoms with Gasteiger partial charge in [-0.15, -0.1) is 0 Å². The second kappa shape index (κ2) is 10.3. The molecule has 0 N–H and O–H groups in total. The van der Waals surface area contributed by atoms with E-state index in [0.29, 0.717) is 16.1 Å². The Bertz CT molecular complexity index is 1440. The van der Waals surface area contributed by atoms with Crippen LogP contribution in [0.15, 0.2) is 67.1 Å². The average molecular weight is 505 g/mol. The van der Waals surface area contributed by atoms with Crippen molar-refractivity contribution in [2.75, 3.05) is 0 Å². The molecule has 0 aliphatic carbocycles. The highest BCUT2D eigenvalue weighted by Crippen LogP contribution is 2.32. The third-order valence-electron chi connectivity index (χ3n) is 5.37. The van der Waals surface area contributed by atoms with Crippen LogP contribution in [-0.2, 0) is 9.47 Å². The van der Waals surface area contributed by atoms with E-state index in [1.165, 1.54) is 4.40 Å². The molecule has 3 aromatic heterocycles. The van der Waals surface area contributed by atoms with Gasteiger partial charge >= 0.3 is 11.9 Å². The van der Waals surface area contributed by atoms with E-state index >= 15 is 0 Å². The van der Waals surface area contributed by atoms with Gasteiger partial charge < -0.3 is 13.9 Å². The molecule has 8 heteroatoms. The first kappa shape index (κ1) is 25.1. The van der Waals surface area contributed by atoms with E-state index < -0.39 is 29.9 Å². The van der Waals surface area contributed by atoms with Crippen molar-refractivity contribution in [3.05, 3.63) is 94.5 Å². The number of benzene rings is 1. The minimum absolute atomic E-state index is 0.00922. The molecule has 0 amide bonds. The Morgan fingerprint density at radius 1 is 0.806 bits per heavy atom. The molecule has 0 fully saturated rings. The zero-order valence-electron chi connectivity index (χ0n) is 20.3. The van der Waals surface area contributed by atoms with E-state index in [4.69, 9.17) is 21.1 Å². The molecule has 0 aliphatic rings. The van der Waals surface area contributed by atoms with Crippen molar-refractivity contribution in [3.8, 4) is 11.1 Å². The molecule has 4 rings (SSSR count). The van der Waals surface area contributed by atoms with Gasteiger partial charge in [-0.2, -0.15) is 0 Å². The largest absolute Gasteiger partial charge is 0.459 e. The van der Waals surface area contributed by atoms with Crippen LogP contribution in [-0.4, -0.2) is 39.3 Å². The van der Waals surface area contributed by atoms with E-state index in [2.05, 4.69) is 4.98 Å². The topological polar surface area (TPSA) is 87.0 Å². The zero-order valence-corrected chi connectivity index (χ0v) is 21.1. The number of carbonyl (C=O) groups is 3. The maximum absolute atomic E-state index is 13.8. The third-order valence-corrected chi connectivity index (χ3v) is 5.62. The molecule has 0 spiro atoms. The lowest BCUT2D eigenvalue weighted by atomic mass is 10.0. The van der Waals surface area contributed by atoms with E-state index in [-0.39, 0.29) is 16.8 Å². The summed E-state index contributed by atoms with van der Waals surface area (Å²) in [6, 6.07) is 13.5. The lowest BCUT2D eigenvalue weighted by Gasteiger charge is -2.12. The van der Waals surface area contributed by atoms with Gasteiger partial charge in [0, 0.05) is 29.2 Å². The molecule has 4 aromatic rings. The molecule has 7 nitrogen and oxygen atoms in total. The summed E-state index contributed by atoms with van der Waals surface area (Å²) < 4.78 is 12.5. The summed E-state index contributed by atoms with van der Waals surface area (Å²) in [6.45, 7) is 6.82. The summed E-state index contributed by atoms with van der Waals surface area (Å²) in [4.78, 5) is 44.6. The Hall–Kier alpha value is -3.97. The second-order valence-corrected chi connectivity index (χ2v) is 9.19. The predicted molar refractivity (Wildman–Crippen MR) is 137 cm³/mol. The maximum atomic E-state index is 13.8. The number of halogens is 1. The number of esters is 2. The molecule has 0 unspecified atom stereocenters. The molecule has 0 saturated carbocycles. The second-order valence-electron chi connectivity index (χ2n) is 8.75. The summed E-state index contributed by atoms with van der Waals surface area (Å²) in [5, 5.41) is 0.467. The number of fused-ring (bicyclic) bond motifs is 1. The predicted octanol–water partition coefficient (Wildman–Crippen LogP) is 6.02. The van der Waals surface area contributed by atoms with E-state index in [1.807, 2.05) is 12.1 Å². The molecule has 0 atom stereocenters. The van der Waals surface area contributed by atoms with Crippen molar-refractivity contribution in [1.82, 2.24) is 9.38 Å². The van der Waals surface area contributed by atoms with Crippen LogP contribution in [0.5, 0.6) is 0 Å². The highest BCUT2D eigenvalue weighted by Gasteiger charge is 2.34. The Labute approximate surface area is 213 Å². The minimum atomic E-state index is -0.785. The summed E-state index contributed by atoms with van der Waals surface area (Å²) >= 11 is 6.01. The van der Waals surface area contributed by atoms with Crippen LogP contribution in [0.3, 0.4) is 0 Å². The molecule has 184 valence electrons. The highest BCUT2D eigenvalue weighted by molar-refractivity contribution is 6.30. The normalized spacial score (nSPS) is 11.2. The number of aromatic nitrogens is 2. The molecule has 0 radical (unpaired) electrons. The SMILES string of the molecule is CC(C)OC(=O)c1c(C(=O)OC(C)C)c2cc(-c3ccncc3)ccn2c1C(=O)c1ccc(Cl)cc1. The van der Waals surface area contributed by atoms with E-state index in [0.717, 1.165) is 11.1 Å². The number of pyridine rings is 2. The van der Waals surface area contributed by atoms with Gasteiger partial charge in [0.1, 0.15) is 16.8 Å². The molecular weight excluding hydrogens is 480 g/mol. The van der Waals surface area contributed by atoms with E-state index in [9.17, 15) is 14.4 Å². The molecule has 0 saturated heterocycles. The fourth-order valence-electron chi connectivity index (χ4n) is 3.89. The summed E-state index contributed by atoms with van der Waals surface area (Å²) in [6.07, 6.45) is 4.06.